The van der Waals surface area contributed by atoms with E-state index in [0.29, 0.717) is 0 Å². The number of H-pyrrole nitrogens is 3. The SMILES string of the molecule is CCn1c2ccccc2c2ccc(-c3cc4c5ccccc5[nH]c4c4ccccc34)cc21.c1ccc(-n2c3ccccc3c3ccc(-c4ccc(-c5cc6c7ccccc7[nH]c6c6ccccc56)cc4)cc32)cc1.c1cncc(-n2c3ccccc3c3ccc(-c4cc5c6ccccc6[nH]c5c5ccccc45)cc32)c1. The average Bonchev–Trinajstić information content (AvgIpc) is 1.55. The maximum atomic E-state index is 4.41. The smallest absolute Gasteiger partial charge is 0.0645 e. The largest absolute Gasteiger partial charge is 0.354 e. The van der Waals surface area contributed by atoms with Crippen LogP contribution in [0.3, 0.4) is 0 Å². The Morgan fingerprint density at radius 2 is 0.555 bits per heavy atom. The molecule has 24 aromatic rings. The molecule has 0 aliphatic carbocycles. The quantitative estimate of drug-likeness (QED) is 0.146. The van der Waals surface area contributed by atoms with E-state index in [1.165, 1.54) is 213 Å². The summed E-state index contributed by atoms with van der Waals surface area (Å²) in [4.78, 5) is 15.4. The van der Waals surface area contributed by atoms with Crippen LogP contribution in [0, 0.1) is 0 Å². The van der Waals surface area contributed by atoms with Gasteiger partial charge in [-0.05, 0) is 165 Å². The minimum atomic E-state index is 0.954. The summed E-state index contributed by atoms with van der Waals surface area (Å²) in [6.45, 7) is 3.18. The molecule has 3 N–H and O–H groups in total. The highest BCUT2D eigenvalue weighted by molar-refractivity contribution is 6.25. The van der Waals surface area contributed by atoms with E-state index in [4.69, 9.17) is 0 Å². The van der Waals surface area contributed by atoms with Gasteiger partial charge >= 0.3 is 0 Å². The van der Waals surface area contributed by atoms with Gasteiger partial charge in [-0.15, -0.1) is 0 Å². The molecule has 0 fully saturated rings. The highest BCUT2D eigenvalue weighted by Gasteiger charge is 2.21. The Morgan fingerprint density at radius 1 is 0.227 bits per heavy atom. The third kappa shape index (κ3) is 9.95. The van der Waals surface area contributed by atoms with Gasteiger partial charge < -0.3 is 28.7 Å². The Bertz CT molecular complexity index is 7810. The second-order valence-corrected chi connectivity index (χ2v) is 29.0. The van der Waals surface area contributed by atoms with Crippen molar-refractivity contribution in [1.29, 1.82) is 0 Å². The van der Waals surface area contributed by atoms with Crippen LogP contribution in [-0.2, 0) is 6.54 Å². The molecule has 516 valence electrons. The summed E-state index contributed by atoms with van der Waals surface area (Å²) in [6.07, 6.45) is 3.76. The summed E-state index contributed by atoms with van der Waals surface area (Å²) in [7, 11) is 0. The van der Waals surface area contributed by atoms with Crippen molar-refractivity contribution >= 4 is 163 Å². The first-order valence-corrected chi connectivity index (χ1v) is 37.9. The van der Waals surface area contributed by atoms with Crippen LogP contribution in [0.5, 0.6) is 0 Å². The summed E-state index contributed by atoms with van der Waals surface area (Å²) in [5.74, 6) is 0. The van der Waals surface area contributed by atoms with Gasteiger partial charge in [-0.3, -0.25) is 4.98 Å². The lowest BCUT2D eigenvalue weighted by molar-refractivity contribution is 0.827. The number of hydrogen-bond acceptors (Lipinski definition) is 1. The van der Waals surface area contributed by atoms with Gasteiger partial charge in [0.05, 0.1) is 50.5 Å². The van der Waals surface area contributed by atoms with Gasteiger partial charge in [0.1, 0.15) is 0 Å². The van der Waals surface area contributed by atoms with Crippen molar-refractivity contribution in [1.82, 2.24) is 33.6 Å². The minimum absolute atomic E-state index is 0.954. The van der Waals surface area contributed by atoms with Crippen molar-refractivity contribution < 1.29 is 0 Å². The highest BCUT2D eigenvalue weighted by atomic mass is 15.0. The first kappa shape index (κ1) is 62.8. The monoisotopic (exact) mass is 1400 g/mol. The minimum Gasteiger partial charge on any atom is -0.354 e. The van der Waals surface area contributed by atoms with Crippen LogP contribution in [-0.4, -0.2) is 33.6 Å². The van der Waals surface area contributed by atoms with Crippen molar-refractivity contribution in [3.05, 3.63) is 370 Å². The Morgan fingerprint density at radius 3 is 1.02 bits per heavy atom. The second-order valence-electron chi connectivity index (χ2n) is 29.0. The second kappa shape index (κ2) is 25.3. The maximum absolute atomic E-state index is 4.41. The van der Waals surface area contributed by atoms with Gasteiger partial charge in [0.2, 0.25) is 0 Å². The number of aromatic nitrogens is 7. The fourth-order valence-corrected chi connectivity index (χ4v) is 18.1. The van der Waals surface area contributed by atoms with Crippen molar-refractivity contribution in [3.63, 3.8) is 0 Å². The number of para-hydroxylation sites is 7. The number of nitrogens with zero attached hydrogens (tertiary/aromatic N) is 4. The van der Waals surface area contributed by atoms with Crippen LogP contribution < -0.4 is 0 Å². The zero-order valence-corrected chi connectivity index (χ0v) is 60.2. The van der Waals surface area contributed by atoms with Gasteiger partial charge in [-0.2, -0.15) is 0 Å². The molecular formula is C103H69N7. The summed E-state index contributed by atoms with van der Waals surface area (Å²) < 4.78 is 7.14. The molecule has 24 rings (SSSR count). The number of benzene rings is 17. The van der Waals surface area contributed by atoms with Crippen molar-refractivity contribution in [2.24, 2.45) is 0 Å². The predicted molar refractivity (Wildman–Crippen MR) is 467 cm³/mol. The highest BCUT2D eigenvalue weighted by Crippen LogP contribution is 2.45. The van der Waals surface area contributed by atoms with Crippen LogP contribution in [0.1, 0.15) is 6.92 Å². The Labute approximate surface area is 632 Å². The zero-order valence-electron chi connectivity index (χ0n) is 60.2. The summed E-state index contributed by atoms with van der Waals surface area (Å²) in [5, 5.41) is 22.9. The molecule has 17 aromatic carbocycles. The van der Waals surface area contributed by atoms with E-state index in [1.54, 1.807) is 0 Å². The molecule has 110 heavy (non-hydrogen) atoms. The summed E-state index contributed by atoms with van der Waals surface area (Å²) in [5.41, 5.74) is 26.7. The Balaban J connectivity index is 0.000000103. The fraction of sp³-hybridized carbons (Fsp3) is 0.0194. The number of aromatic amines is 3. The van der Waals surface area contributed by atoms with Gasteiger partial charge in [0.25, 0.3) is 0 Å². The van der Waals surface area contributed by atoms with Crippen molar-refractivity contribution in [3.8, 4) is 55.9 Å². The maximum Gasteiger partial charge on any atom is 0.0645 e. The van der Waals surface area contributed by atoms with Crippen LogP contribution in [0.2, 0.25) is 0 Å². The lowest BCUT2D eigenvalue weighted by Crippen LogP contribution is -1.94. The Hall–Kier alpha value is -14.5. The molecule has 7 heteroatoms. The molecule has 7 nitrogen and oxygen atoms in total. The topological polar surface area (TPSA) is 75.0 Å². The lowest BCUT2D eigenvalue weighted by atomic mass is 9.94. The molecule has 0 unspecified atom stereocenters. The van der Waals surface area contributed by atoms with E-state index in [9.17, 15) is 0 Å². The van der Waals surface area contributed by atoms with Gasteiger partial charge in [-0.25, -0.2) is 0 Å². The zero-order chi connectivity index (χ0) is 72.5. The summed E-state index contributed by atoms with van der Waals surface area (Å²) >= 11 is 0. The molecule has 7 heterocycles. The molecule has 0 radical (unpaired) electrons. The van der Waals surface area contributed by atoms with E-state index in [0.717, 1.165) is 12.2 Å². The number of rotatable bonds is 7. The van der Waals surface area contributed by atoms with E-state index < -0.39 is 0 Å². The third-order valence-corrected chi connectivity index (χ3v) is 23.1. The number of pyridine rings is 1. The van der Waals surface area contributed by atoms with Crippen LogP contribution in [0.15, 0.2) is 370 Å². The van der Waals surface area contributed by atoms with Gasteiger partial charge in [-0.1, -0.05) is 261 Å². The number of aryl methyl sites for hydroxylation is 1. The summed E-state index contributed by atoms with van der Waals surface area (Å²) in [6, 6.07) is 130. The molecule has 0 amide bonds. The normalized spacial score (nSPS) is 11.9. The van der Waals surface area contributed by atoms with Gasteiger partial charge in [0, 0.05) is 127 Å². The van der Waals surface area contributed by atoms with E-state index >= 15 is 0 Å². The Kier molecular flexibility index (Phi) is 14.5. The first-order chi connectivity index (χ1) is 54.5. The fourth-order valence-electron chi connectivity index (χ4n) is 18.1. The van der Waals surface area contributed by atoms with E-state index in [-0.39, 0.29) is 0 Å². The van der Waals surface area contributed by atoms with E-state index in [1.807, 2.05) is 18.5 Å². The number of fused-ring (bicyclic) bond motifs is 24. The molecule has 0 spiro atoms. The first-order valence-electron chi connectivity index (χ1n) is 37.9. The van der Waals surface area contributed by atoms with Crippen LogP contribution >= 0.6 is 0 Å². The molecule has 0 aliphatic rings. The van der Waals surface area contributed by atoms with Crippen molar-refractivity contribution in [2.45, 2.75) is 13.5 Å². The molecule has 0 bridgehead atoms. The molecule has 0 atom stereocenters. The molecular weight excluding hydrogens is 1340 g/mol. The number of nitrogens with one attached hydrogen (secondary N) is 3. The van der Waals surface area contributed by atoms with Crippen LogP contribution in [0.4, 0.5) is 0 Å². The van der Waals surface area contributed by atoms with Gasteiger partial charge in [0.15, 0.2) is 0 Å². The average molecular weight is 1400 g/mol. The lowest BCUT2D eigenvalue weighted by Gasteiger charge is -2.11. The molecule has 7 aromatic heterocycles. The molecule has 0 aliphatic heterocycles. The van der Waals surface area contributed by atoms with Crippen molar-refractivity contribution in [2.75, 3.05) is 0 Å². The predicted octanol–water partition coefficient (Wildman–Crippen LogP) is 27.8. The van der Waals surface area contributed by atoms with E-state index in [2.05, 4.69) is 392 Å². The van der Waals surface area contributed by atoms with Crippen LogP contribution in [0.25, 0.3) is 219 Å². The molecule has 0 saturated carbocycles. The third-order valence-electron chi connectivity index (χ3n) is 23.1. The molecule has 0 saturated heterocycles. The number of hydrogen-bond donors (Lipinski definition) is 3. The standard InChI is InChI=1S/C40H26N2.C33H21N3.C30H22N2/c1-2-10-29(11-3-1)42-38-17-9-7-14-32(38)33-23-22-28(24-39(33)42)26-18-20-27(21-19-26)35-25-36-31-13-6-8-16-37(31)41-40(36)34-15-5-4-12-30(34)35;1-2-12-27-23(9-1)28(19-29-24-10-3-5-13-30(24)35-33(27)29)21-15-16-26-25-11-4-6-14-31(25)36(32(26)18-21)22-8-7-17-34-20-22;1-2-32-28-14-8-6-11-22(28)23-16-15-19(17-29(23)32)25-18-26-21-10-5-7-13-27(21)31-30(26)24-12-4-3-9-20(24)25/h1-25,41H;1-20,35H;3-18,31H,2H2,1H3.